The second-order valence-corrected chi connectivity index (χ2v) is 3.55. The molecule has 3 nitrogen and oxygen atoms in total. The van der Waals surface area contributed by atoms with Gasteiger partial charge in [0.1, 0.15) is 12.4 Å². The zero-order valence-corrected chi connectivity index (χ0v) is 9.46. The second kappa shape index (κ2) is 4.61. The molecule has 0 amide bonds. The average Bonchev–Trinajstić information content (AvgIpc) is 2.30. The van der Waals surface area contributed by atoms with E-state index in [1.807, 2.05) is 0 Å². The molecule has 2 rings (SSSR count). The number of oxime groups is 1. The van der Waals surface area contributed by atoms with Crippen molar-refractivity contribution in [3.8, 4) is 0 Å². The van der Waals surface area contributed by atoms with Gasteiger partial charge in [-0.2, -0.15) is 0 Å². The van der Waals surface area contributed by atoms with Gasteiger partial charge in [-0.15, -0.1) is 0 Å². The van der Waals surface area contributed by atoms with Gasteiger partial charge in [0.2, 0.25) is 0 Å². The summed E-state index contributed by atoms with van der Waals surface area (Å²) < 4.78 is 19.0. The van der Waals surface area contributed by atoms with E-state index in [9.17, 15) is 4.39 Å². The van der Waals surface area contributed by atoms with Crippen LogP contribution in [0.25, 0.3) is 0 Å². The standard InChI is InChI=1S/C10H9BrFNO2/c11-6-7-2-1-3-8(9(7)12)10-13-15-5-4-14-10/h1-3H,4-6H2. The van der Waals surface area contributed by atoms with E-state index >= 15 is 0 Å². The first kappa shape index (κ1) is 10.4. The third-order valence-corrected chi connectivity index (χ3v) is 2.62. The molecule has 0 radical (unpaired) electrons. The lowest BCUT2D eigenvalue weighted by atomic mass is 10.1. The molecule has 0 N–H and O–H groups in total. The highest BCUT2D eigenvalue weighted by Crippen LogP contribution is 2.18. The van der Waals surface area contributed by atoms with E-state index in [-0.39, 0.29) is 11.7 Å². The van der Waals surface area contributed by atoms with Gasteiger partial charge < -0.3 is 9.57 Å². The number of nitrogens with zero attached hydrogens (tertiary/aromatic N) is 1. The molecule has 0 unspecified atom stereocenters. The van der Waals surface area contributed by atoms with E-state index in [0.717, 1.165) is 0 Å². The van der Waals surface area contributed by atoms with Crippen molar-refractivity contribution in [1.29, 1.82) is 0 Å². The molecule has 5 heteroatoms. The Hall–Kier alpha value is -1.10. The van der Waals surface area contributed by atoms with E-state index in [2.05, 4.69) is 21.1 Å². The van der Waals surface area contributed by atoms with Crippen LogP contribution in [0.1, 0.15) is 11.1 Å². The van der Waals surface area contributed by atoms with Gasteiger partial charge in [0.25, 0.3) is 5.90 Å². The van der Waals surface area contributed by atoms with Gasteiger partial charge in [-0.3, -0.25) is 0 Å². The van der Waals surface area contributed by atoms with Gasteiger partial charge in [0.05, 0.1) is 5.56 Å². The molecule has 1 aromatic rings. The van der Waals surface area contributed by atoms with Crippen LogP contribution in [0.4, 0.5) is 4.39 Å². The second-order valence-electron chi connectivity index (χ2n) is 2.99. The fourth-order valence-electron chi connectivity index (χ4n) is 1.28. The molecule has 0 saturated carbocycles. The lowest BCUT2D eigenvalue weighted by Crippen LogP contribution is -2.18. The van der Waals surface area contributed by atoms with E-state index in [0.29, 0.717) is 29.7 Å². The van der Waals surface area contributed by atoms with Crippen LogP contribution < -0.4 is 0 Å². The molecular weight excluding hydrogens is 265 g/mol. The number of hydrogen-bond acceptors (Lipinski definition) is 3. The molecule has 0 aliphatic carbocycles. The quantitative estimate of drug-likeness (QED) is 0.775. The minimum Gasteiger partial charge on any atom is -0.471 e. The Morgan fingerprint density at radius 3 is 2.93 bits per heavy atom. The van der Waals surface area contributed by atoms with Crippen molar-refractivity contribution in [3.05, 3.63) is 35.1 Å². The van der Waals surface area contributed by atoms with Crippen molar-refractivity contribution in [2.24, 2.45) is 5.16 Å². The highest BCUT2D eigenvalue weighted by atomic mass is 79.9. The van der Waals surface area contributed by atoms with Gasteiger partial charge in [-0.05, 0) is 16.8 Å². The monoisotopic (exact) mass is 273 g/mol. The third kappa shape index (κ3) is 2.12. The number of alkyl halides is 1. The Labute approximate surface area is 95.0 Å². The number of rotatable bonds is 2. The van der Waals surface area contributed by atoms with Gasteiger partial charge in [-0.1, -0.05) is 28.1 Å². The van der Waals surface area contributed by atoms with Crippen LogP contribution in [-0.4, -0.2) is 19.1 Å². The van der Waals surface area contributed by atoms with Crippen LogP contribution in [0, 0.1) is 5.82 Å². The minimum absolute atomic E-state index is 0.210. The van der Waals surface area contributed by atoms with E-state index in [1.54, 1.807) is 18.2 Å². The van der Waals surface area contributed by atoms with Crippen LogP contribution in [-0.2, 0) is 14.9 Å². The fraction of sp³-hybridized carbons (Fsp3) is 0.300. The number of hydrogen-bond donors (Lipinski definition) is 0. The number of ether oxygens (including phenoxy) is 1. The molecule has 1 heterocycles. The molecule has 0 atom stereocenters. The normalized spacial score (nSPS) is 15.2. The molecule has 0 spiro atoms. The summed E-state index contributed by atoms with van der Waals surface area (Å²) in [5.41, 5.74) is 0.913. The Bertz CT molecular complexity index is 395. The maximum Gasteiger partial charge on any atom is 0.260 e. The van der Waals surface area contributed by atoms with Crippen molar-refractivity contribution in [1.82, 2.24) is 0 Å². The molecule has 1 aliphatic rings. The predicted octanol–water partition coefficient (Wildman–Crippen LogP) is 2.43. The fourth-order valence-corrected chi connectivity index (χ4v) is 1.71. The van der Waals surface area contributed by atoms with Crippen LogP contribution in [0.3, 0.4) is 0 Å². The molecule has 1 aliphatic heterocycles. The first-order valence-electron chi connectivity index (χ1n) is 4.49. The molecule has 0 aromatic heterocycles. The smallest absolute Gasteiger partial charge is 0.260 e. The maximum atomic E-state index is 13.8. The molecule has 0 bridgehead atoms. The molecule has 80 valence electrons. The summed E-state index contributed by atoms with van der Waals surface area (Å²) >= 11 is 3.21. The Balaban J connectivity index is 2.39. The van der Waals surface area contributed by atoms with Crippen molar-refractivity contribution in [3.63, 3.8) is 0 Å². The van der Waals surface area contributed by atoms with Crippen LogP contribution in [0.2, 0.25) is 0 Å². The lowest BCUT2D eigenvalue weighted by Gasteiger charge is -2.14. The van der Waals surface area contributed by atoms with Gasteiger partial charge >= 0.3 is 0 Å². The summed E-state index contributed by atoms with van der Waals surface area (Å²) in [4.78, 5) is 4.85. The maximum absolute atomic E-state index is 13.8. The van der Waals surface area contributed by atoms with Crippen LogP contribution >= 0.6 is 15.9 Å². The highest BCUT2D eigenvalue weighted by Gasteiger charge is 2.16. The van der Waals surface area contributed by atoms with E-state index in [1.165, 1.54) is 0 Å². The first-order valence-corrected chi connectivity index (χ1v) is 5.61. The summed E-state index contributed by atoms with van der Waals surface area (Å²) in [6.07, 6.45) is 0. The van der Waals surface area contributed by atoms with Crippen molar-refractivity contribution < 1.29 is 14.0 Å². The summed E-state index contributed by atoms with van der Waals surface area (Å²) in [6.45, 7) is 0.806. The highest BCUT2D eigenvalue weighted by molar-refractivity contribution is 9.08. The van der Waals surface area contributed by atoms with Gasteiger partial charge in [0.15, 0.2) is 6.61 Å². The Kier molecular flexibility index (Phi) is 3.20. The Morgan fingerprint density at radius 2 is 2.27 bits per heavy atom. The average molecular weight is 274 g/mol. The molecular formula is C10H9BrFNO2. The zero-order chi connectivity index (χ0) is 10.7. The first-order chi connectivity index (χ1) is 7.33. The summed E-state index contributed by atoms with van der Waals surface area (Å²) in [7, 11) is 0. The summed E-state index contributed by atoms with van der Waals surface area (Å²) in [6, 6.07) is 5.09. The largest absolute Gasteiger partial charge is 0.471 e. The van der Waals surface area contributed by atoms with Gasteiger partial charge in [0, 0.05) is 5.33 Å². The van der Waals surface area contributed by atoms with Crippen molar-refractivity contribution in [2.45, 2.75) is 5.33 Å². The SMILES string of the molecule is Fc1c(CBr)cccc1C1=NOCCO1. The lowest BCUT2D eigenvalue weighted by molar-refractivity contribution is 0.0652. The van der Waals surface area contributed by atoms with E-state index < -0.39 is 0 Å². The minimum atomic E-state index is -0.321. The van der Waals surface area contributed by atoms with Crippen molar-refractivity contribution >= 4 is 21.8 Å². The summed E-state index contributed by atoms with van der Waals surface area (Å²) in [5.74, 6) is -0.111. The summed E-state index contributed by atoms with van der Waals surface area (Å²) in [5, 5.41) is 4.13. The van der Waals surface area contributed by atoms with Crippen LogP contribution in [0.5, 0.6) is 0 Å². The topological polar surface area (TPSA) is 30.8 Å². The molecule has 1 aromatic carbocycles. The van der Waals surface area contributed by atoms with E-state index in [4.69, 9.17) is 9.57 Å². The zero-order valence-electron chi connectivity index (χ0n) is 7.87. The number of halogens is 2. The van der Waals surface area contributed by atoms with Gasteiger partial charge in [-0.25, -0.2) is 4.39 Å². The Morgan fingerprint density at radius 1 is 1.40 bits per heavy atom. The predicted molar refractivity (Wildman–Crippen MR) is 57.5 cm³/mol. The number of benzene rings is 1. The van der Waals surface area contributed by atoms with Crippen molar-refractivity contribution in [2.75, 3.05) is 13.2 Å². The molecule has 15 heavy (non-hydrogen) atoms. The third-order valence-electron chi connectivity index (χ3n) is 2.01. The molecule has 0 fully saturated rings. The molecule has 0 saturated heterocycles. The van der Waals surface area contributed by atoms with Crippen LogP contribution in [0.15, 0.2) is 23.4 Å².